The van der Waals surface area contributed by atoms with Gasteiger partial charge in [-0.05, 0) is 24.1 Å². The molecule has 3 nitrogen and oxygen atoms in total. The van der Waals surface area contributed by atoms with Crippen LogP contribution in [0.4, 0.5) is 5.69 Å². The summed E-state index contributed by atoms with van der Waals surface area (Å²) in [6, 6.07) is 11.6. The second-order valence-corrected chi connectivity index (χ2v) is 4.88. The molecule has 0 aliphatic heterocycles. The van der Waals surface area contributed by atoms with Crippen molar-refractivity contribution in [2.75, 3.05) is 5.73 Å². The molecule has 1 heterocycles. The molecular weight excluding hydrogens is 258 g/mol. The lowest BCUT2D eigenvalue weighted by Crippen LogP contribution is -2.08. The second kappa shape index (κ2) is 5.81. The molecule has 0 saturated carbocycles. The first-order valence-electron chi connectivity index (χ1n) is 6.28. The Hall–Kier alpha value is -1.92. The standard InChI is InChI=1S/C15H16ClN3/c1-2-5-15-14(18)8-12(9-17)19(15)10-11-6-3-4-7-13(11)16/h3-4,6-8H,2,5,10,18H2,1H3. The van der Waals surface area contributed by atoms with E-state index >= 15 is 0 Å². The third-order valence-electron chi connectivity index (χ3n) is 3.13. The number of nitrogens with two attached hydrogens (primary N) is 1. The first-order chi connectivity index (χ1) is 9.17. The van der Waals surface area contributed by atoms with Crippen LogP contribution in [-0.4, -0.2) is 4.57 Å². The van der Waals surface area contributed by atoms with Crippen molar-refractivity contribution >= 4 is 17.3 Å². The van der Waals surface area contributed by atoms with Gasteiger partial charge in [-0.3, -0.25) is 0 Å². The lowest BCUT2D eigenvalue weighted by molar-refractivity contribution is 0.719. The Morgan fingerprint density at radius 2 is 2.11 bits per heavy atom. The number of aromatic nitrogens is 1. The molecule has 2 N–H and O–H groups in total. The fraction of sp³-hybridized carbons (Fsp3) is 0.267. The molecule has 2 rings (SSSR count). The summed E-state index contributed by atoms with van der Waals surface area (Å²) in [6.45, 7) is 2.67. The quantitative estimate of drug-likeness (QED) is 0.925. The van der Waals surface area contributed by atoms with Crippen molar-refractivity contribution in [3.05, 3.63) is 52.3 Å². The van der Waals surface area contributed by atoms with Crippen LogP contribution < -0.4 is 5.73 Å². The summed E-state index contributed by atoms with van der Waals surface area (Å²) in [7, 11) is 0. The molecule has 0 saturated heterocycles. The summed E-state index contributed by atoms with van der Waals surface area (Å²) in [5.41, 5.74) is 9.27. The van der Waals surface area contributed by atoms with E-state index in [9.17, 15) is 5.26 Å². The van der Waals surface area contributed by atoms with Gasteiger partial charge in [0.05, 0.1) is 12.2 Å². The zero-order valence-electron chi connectivity index (χ0n) is 10.9. The van der Waals surface area contributed by atoms with Gasteiger partial charge >= 0.3 is 0 Å². The Labute approximate surface area is 118 Å². The largest absolute Gasteiger partial charge is 0.397 e. The fourth-order valence-electron chi connectivity index (χ4n) is 2.20. The van der Waals surface area contributed by atoms with Crippen molar-refractivity contribution in [3.8, 4) is 6.07 Å². The molecule has 0 amide bonds. The van der Waals surface area contributed by atoms with E-state index < -0.39 is 0 Å². The van der Waals surface area contributed by atoms with Crippen LogP contribution >= 0.6 is 11.6 Å². The second-order valence-electron chi connectivity index (χ2n) is 4.47. The molecule has 0 aliphatic rings. The highest BCUT2D eigenvalue weighted by atomic mass is 35.5. The molecule has 0 atom stereocenters. The van der Waals surface area contributed by atoms with E-state index in [-0.39, 0.29) is 0 Å². The van der Waals surface area contributed by atoms with Gasteiger partial charge in [0.2, 0.25) is 0 Å². The van der Waals surface area contributed by atoms with Gasteiger partial charge in [0.15, 0.2) is 0 Å². The van der Waals surface area contributed by atoms with Crippen LogP contribution in [0.15, 0.2) is 30.3 Å². The number of anilines is 1. The summed E-state index contributed by atoms with van der Waals surface area (Å²) in [4.78, 5) is 0. The number of rotatable bonds is 4. The number of nitrogen functional groups attached to an aromatic ring is 1. The minimum absolute atomic E-state index is 0.578. The molecule has 0 spiro atoms. The van der Waals surface area contributed by atoms with Crippen molar-refractivity contribution in [1.29, 1.82) is 5.26 Å². The van der Waals surface area contributed by atoms with Crippen LogP contribution in [0, 0.1) is 11.3 Å². The van der Waals surface area contributed by atoms with Gasteiger partial charge in [-0.1, -0.05) is 43.1 Å². The van der Waals surface area contributed by atoms with Crippen LogP contribution in [-0.2, 0) is 13.0 Å². The Balaban J connectivity index is 2.44. The average Bonchev–Trinajstić information content (AvgIpc) is 2.70. The minimum atomic E-state index is 0.578. The fourth-order valence-corrected chi connectivity index (χ4v) is 2.39. The third-order valence-corrected chi connectivity index (χ3v) is 3.50. The molecule has 2 aromatic rings. The van der Waals surface area contributed by atoms with Crippen molar-refractivity contribution in [1.82, 2.24) is 4.57 Å². The minimum Gasteiger partial charge on any atom is -0.397 e. The van der Waals surface area contributed by atoms with E-state index in [0.717, 1.165) is 24.1 Å². The molecule has 4 heteroatoms. The first kappa shape index (κ1) is 13.5. The number of halogens is 1. The molecule has 0 aliphatic carbocycles. The Bertz CT molecular complexity index is 623. The normalized spacial score (nSPS) is 10.4. The van der Waals surface area contributed by atoms with Gasteiger partial charge < -0.3 is 10.3 Å². The van der Waals surface area contributed by atoms with E-state index in [0.29, 0.717) is 22.9 Å². The maximum atomic E-state index is 9.21. The highest BCUT2D eigenvalue weighted by Crippen LogP contribution is 2.23. The maximum Gasteiger partial charge on any atom is 0.122 e. The topological polar surface area (TPSA) is 54.7 Å². The van der Waals surface area contributed by atoms with Gasteiger partial charge in [-0.2, -0.15) is 5.26 Å². The van der Waals surface area contributed by atoms with Crippen molar-refractivity contribution in [2.24, 2.45) is 0 Å². The van der Waals surface area contributed by atoms with Crippen LogP contribution in [0.5, 0.6) is 0 Å². The molecule has 0 fully saturated rings. The molecule has 1 aromatic carbocycles. The van der Waals surface area contributed by atoms with Crippen LogP contribution in [0.25, 0.3) is 0 Å². The van der Waals surface area contributed by atoms with E-state index in [1.165, 1.54) is 0 Å². The smallest absolute Gasteiger partial charge is 0.122 e. The molecule has 1 aromatic heterocycles. The Morgan fingerprint density at radius 1 is 1.37 bits per heavy atom. The number of hydrogen-bond donors (Lipinski definition) is 1. The summed E-state index contributed by atoms with van der Waals surface area (Å²) >= 11 is 6.18. The third kappa shape index (κ3) is 2.74. The van der Waals surface area contributed by atoms with Gasteiger partial charge in [-0.25, -0.2) is 0 Å². The monoisotopic (exact) mass is 273 g/mol. The molecule has 0 unspecified atom stereocenters. The SMILES string of the molecule is CCCc1c(N)cc(C#N)n1Cc1ccccc1Cl. The first-order valence-corrected chi connectivity index (χ1v) is 6.66. The van der Waals surface area contributed by atoms with E-state index in [2.05, 4.69) is 13.0 Å². The van der Waals surface area contributed by atoms with Crippen molar-refractivity contribution < 1.29 is 0 Å². The number of nitriles is 1. The van der Waals surface area contributed by atoms with Gasteiger partial charge in [0.25, 0.3) is 0 Å². The Kier molecular flexibility index (Phi) is 4.13. The number of benzene rings is 1. The van der Waals surface area contributed by atoms with E-state index in [1.54, 1.807) is 6.07 Å². The number of hydrogen-bond acceptors (Lipinski definition) is 2. The molecule has 19 heavy (non-hydrogen) atoms. The summed E-state index contributed by atoms with van der Waals surface area (Å²) < 4.78 is 1.96. The van der Waals surface area contributed by atoms with Gasteiger partial charge in [0, 0.05) is 10.7 Å². The highest BCUT2D eigenvalue weighted by Gasteiger charge is 2.13. The molecule has 0 bridgehead atoms. The zero-order valence-corrected chi connectivity index (χ0v) is 11.6. The molecule has 98 valence electrons. The summed E-state index contributed by atoms with van der Waals surface area (Å²) in [5, 5.41) is 9.92. The summed E-state index contributed by atoms with van der Waals surface area (Å²) in [5.74, 6) is 0. The van der Waals surface area contributed by atoms with Crippen molar-refractivity contribution in [3.63, 3.8) is 0 Å². The van der Waals surface area contributed by atoms with Gasteiger partial charge in [0.1, 0.15) is 11.8 Å². The van der Waals surface area contributed by atoms with Crippen molar-refractivity contribution in [2.45, 2.75) is 26.3 Å². The lowest BCUT2D eigenvalue weighted by atomic mass is 10.2. The molecular formula is C15H16ClN3. The lowest BCUT2D eigenvalue weighted by Gasteiger charge is -2.12. The Morgan fingerprint density at radius 3 is 2.74 bits per heavy atom. The predicted molar refractivity (Wildman–Crippen MR) is 78.1 cm³/mol. The van der Waals surface area contributed by atoms with Gasteiger partial charge in [-0.15, -0.1) is 0 Å². The van der Waals surface area contributed by atoms with E-state index in [4.69, 9.17) is 17.3 Å². The number of nitrogens with zero attached hydrogens (tertiary/aromatic N) is 2. The average molecular weight is 274 g/mol. The van der Waals surface area contributed by atoms with E-state index in [1.807, 2.05) is 28.8 Å². The zero-order chi connectivity index (χ0) is 13.8. The highest BCUT2D eigenvalue weighted by molar-refractivity contribution is 6.31. The maximum absolute atomic E-state index is 9.21. The molecule has 0 radical (unpaired) electrons. The summed E-state index contributed by atoms with van der Waals surface area (Å²) in [6.07, 6.45) is 1.85. The predicted octanol–water partition coefficient (Wildman–Crippen LogP) is 3.60. The van der Waals surface area contributed by atoms with Crippen LogP contribution in [0.2, 0.25) is 5.02 Å². The van der Waals surface area contributed by atoms with Crippen LogP contribution in [0.1, 0.15) is 30.3 Å². The van der Waals surface area contributed by atoms with Crippen LogP contribution in [0.3, 0.4) is 0 Å².